The Morgan fingerprint density at radius 3 is 2.58 bits per heavy atom. The van der Waals surface area contributed by atoms with Crippen LogP contribution in [-0.4, -0.2) is 40.4 Å². The Hall–Kier alpha value is -3.42. The molecule has 4 rings (SSSR count). The predicted octanol–water partition coefficient (Wildman–Crippen LogP) is 4.11. The van der Waals surface area contributed by atoms with Crippen molar-refractivity contribution in [2.24, 2.45) is 5.92 Å². The molecule has 0 aliphatic rings. The van der Waals surface area contributed by atoms with Crippen molar-refractivity contribution in [1.29, 1.82) is 0 Å². The lowest BCUT2D eigenvalue weighted by Gasteiger charge is -2.08. The molecule has 4 aromatic rings. The van der Waals surface area contributed by atoms with Gasteiger partial charge in [-0.05, 0) is 40.8 Å². The number of pyridine rings is 1. The molecule has 1 aromatic carbocycles. The number of aromatic nitrogens is 8. The predicted molar refractivity (Wildman–Crippen MR) is 119 cm³/mol. The van der Waals surface area contributed by atoms with Crippen LogP contribution >= 0.6 is 0 Å². The Morgan fingerprint density at radius 2 is 1.90 bits per heavy atom. The number of aryl methyl sites for hydroxylation is 2. The Labute approximate surface area is 182 Å². The minimum Gasteiger partial charge on any atom is -0.260 e. The van der Waals surface area contributed by atoms with E-state index in [0.29, 0.717) is 18.2 Å². The summed E-state index contributed by atoms with van der Waals surface area (Å²) in [4.78, 5) is 9.52. The van der Waals surface area contributed by atoms with Crippen molar-refractivity contribution in [2.75, 3.05) is 0 Å². The Balaban J connectivity index is 1.55. The average molecular weight is 417 g/mol. The van der Waals surface area contributed by atoms with Crippen LogP contribution in [0.25, 0.3) is 22.5 Å². The highest BCUT2D eigenvalue weighted by Gasteiger charge is 2.13. The molecule has 0 atom stereocenters. The van der Waals surface area contributed by atoms with Crippen LogP contribution in [0.2, 0.25) is 0 Å². The monoisotopic (exact) mass is 416 g/mol. The van der Waals surface area contributed by atoms with Gasteiger partial charge in [-0.15, -0.1) is 5.10 Å². The number of aromatic amines is 1. The van der Waals surface area contributed by atoms with Gasteiger partial charge in [0.05, 0.1) is 0 Å². The van der Waals surface area contributed by atoms with Crippen LogP contribution in [0, 0.1) is 5.92 Å². The van der Waals surface area contributed by atoms with E-state index in [0.717, 1.165) is 59.8 Å². The molecular weight excluding hydrogens is 388 g/mol. The summed E-state index contributed by atoms with van der Waals surface area (Å²) in [6.45, 7) is 7.49. The van der Waals surface area contributed by atoms with E-state index in [1.54, 1.807) is 0 Å². The molecule has 0 fully saturated rings. The first-order chi connectivity index (χ1) is 15.1. The van der Waals surface area contributed by atoms with E-state index in [1.165, 1.54) is 0 Å². The van der Waals surface area contributed by atoms with Crippen molar-refractivity contribution in [3.63, 3.8) is 0 Å². The second kappa shape index (κ2) is 9.59. The molecule has 3 heterocycles. The van der Waals surface area contributed by atoms with Crippen molar-refractivity contribution in [2.45, 2.75) is 53.0 Å². The molecule has 0 aliphatic heterocycles. The number of rotatable bonds is 9. The van der Waals surface area contributed by atoms with Gasteiger partial charge in [0.15, 0.2) is 11.6 Å². The molecule has 0 unspecified atom stereocenters. The van der Waals surface area contributed by atoms with E-state index in [4.69, 9.17) is 15.1 Å². The smallest absolute Gasteiger partial charge is 0.180 e. The molecule has 0 radical (unpaired) electrons. The first-order valence-corrected chi connectivity index (χ1v) is 10.8. The van der Waals surface area contributed by atoms with Crippen LogP contribution in [0.15, 0.2) is 42.6 Å². The Kier molecular flexibility index (Phi) is 6.45. The largest absolute Gasteiger partial charge is 0.260 e. The fourth-order valence-electron chi connectivity index (χ4n) is 3.54. The zero-order chi connectivity index (χ0) is 21.6. The molecule has 8 nitrogen and oxygen atoms in total. The molecule has 0 bridgehead atoms. The van der Waals surface area contributed by atoms with Crippen molar-refractivity contribution in [3.05, 3.63) is 59.9 Å². The maximum Gasteiger partial charge on any atom is 0.180 e. The van der Waals surface area contributed by atoms with Crippen LogP contribution in [0.1, 0.15) is 51.0 Å². The third-order valence-electron chi connectivity index (χ3n) is 5.18. The fraction of sp³-hybridized carbons (Fsp3) is 0.391. The lowest BCUT2D eigenvalue weighted by molar-refractivity contribution is 0.551. The van der Waals surface area contributed by atoms with Gasteiger partial charge in [0.1, 0.15) is 5.82 Å². The number of H-pyrrole nitrogens is 1. The number of nitrogens with one attached hydrogen (secondary N) is 1. The zero-order valence-electron chi connectivity index (χ0n) is 18.3. The second-order valence-electron chi connectivity index (χ2n) is 8.11. The minimum atomic E-state index is 0.640. The van der Waals surface area contributed by atoms with Crippen LogP contribution in [0.4, 0.5) is 0 Å². The van der Waals surface area contributed by atoms with Crippen molar-refractivity contribution in [1.82, 2.24) is 40.4 Å². The number of nitrogens with zero attached hydrogens (tertiary/aromatic N) is 7. The van der Waals surface area contributed by atoms with E-state index in [-0.39, 0.29) is 0 Å². The summed E-state index contributed by atoms with van der Waals surface area (Å²) >= 11 is 0. The van der Waals surface area contributed by atoms with Gasteiger partial charge in [0.2, 0.25) is 0 Å². The van der Waals surface area contributed by atoms with Crippen LogP contribution in [0.3, 0.4) is 0 Å². The van der Waals surface area contributed by atoms with Crippen LogP contribution < -0.4 is 0 Å². The van der Waals surface area contributed by atoms with E-state index in [1.807, 2.05) is 35.1 Å². The van der Waals surface area contributed by atoms with Crippen molar-refractivity contribution in [3.8, 4) is 22.5 Å². The van der Waals surface area contributed by atoms with Gasteiger partial charge in [0.25, 0.3) is 0 Å². The molecule has 0 amide bonds. The summed E-state index contributed by atoms with van der Waals surface area (Å²) in [5, 5.41) is 19.0. The lowest BCUT2D eigenvalue weighted by atomic mass is 10.0. The van der Waals surface area contributed by atoms with Gasteiger partial charge in [-0.2, -0.15) is 5.10 Å². The second-order valence-corrected chi connectivity index (χ2v) is 8.11. The Bertz CT molecular complexity index is 1100. The Morgan fingerprint density at radius 1 is 1.06 bits per heavy atom. The molecule has 0 saturated carbocycles. The van der Waals surface area contributed by atoms with Gasteiger partial charge in [-0.1, -0.05) is 51.1 Å². The van der Waals surface area contributed by atoms with Crippen molar-refractivity contribution >= 4 is 0 Å². The number of hydrogen-bond donors (Lipinski definition) is 1. The third kappa shape index (κ3) is 5.02. The first kappa shape index (κ1) is 20.8. The minimum absolute atomic E-state index is 0.640. The maximum atomic E-state index is 4.81. The van der Waals surface area contributed by atoms with Gasteiger partial charge < -0.3 is 0 Å². The SMILES string of the molecule is CCCn1nc(CCC(C)C)nc1Cc1ccc(-c2ccccc2-c2nnn[nH]2)cn1. The summed E-state index contributed by atoms with van der Waals surface area (Å²) < 4.78 is 2.04. The molecule has 0 spiro atoms. The fourth-order valence-corrected chi connectivity index (χ4v) is 3.54. The summed E-state index contributed by atoms with van der Waals surface area (Å²) in [6.07, 6.45) is 5.62. The summed E-state index contributed by atoms with van der Waals surface area (Å²) in [5.74, 6) is 3.20. The van der Waals surface area contributed by atoms with Gasteiger partial charge in [-0.3, -0.25) is 4.98 Å². The van der Waals surface area contributed by atoms with E-state index < -0.39 is 0 Å². The number of benzene rings is 1. The van der Waals surface area contributed by atoms with Gasteiger partial charge in [-0.25, -0.2) is 14.8 Å². The number of hydrogen-bond acceptors (Lipinski definition) is 6. The number of tetrazole rings is 1. The summed E-state index contributed by atoms with van der Waals surface area (Å²) in [5.41, 5.74) is 3.97. The normalized spacial score (nSPS) is 11.4. The van der Waals surface area contributed by atoms with E-state index >= 15 is 0 Å². The van der Waals surface area contributed by atoms with Crippen LogP contribution in [0.5, 0.6) is 0 Å². The highest BCUT2D eigenvalue weighted by molar-refractivity contribution is 5.79. The molecule has 1 N–H and O–H groups in total. The molecule has 0 aliphatic carbocycles. The molecule has 8 heteroatoms. The van der Waals surface area contributed by atoms with E-state index in [2.05, 4.69) is 53.5 Å². The topological polar surface area (TPSA) is 98.1 Å². The van der Waals surface area contributed by atoms with Crippen molar-refractivity contribution < 1.29 is 0 Å². The lowest BCUT2D eigenvalue weighted by Crippen LogP contribution is -2.06. The summed E-state index contributed by atoms with van der Waals surface area (Å²) in [6, 6.07) is 12.2. The molecule has 31 heavy (non-hydrogen) atoms. The highest BCUT2D eigenvalue weighted by Crippen LogP contribution is 2.29. The molecule has 160 valence electrons. The van der Waals surface area contributed by atoms with E-state index in [9.17, 15) is 0 Å². The van der Waals surface area contributed by atoms with Gasteiger partial charge in [0, 0.05) is 42.4 Å². The molecule has 3 aromatic heterocycles. The third-order valence-corrected chi connectivity index (χ3v) is 5.18. The molecular formula is C23H28N8. The standard InChI is InChI=1S/C23H28N8/c1-4-13-31-22(25-21(28-31)12-9-16(2)3)14-18-11-10-17(15-24-18)19-7-5-6-8-20(19)23-26-29-30-27-23/h5-8,10-11,15-16H,4,9,12-14H2,1-3H3,(H,26,27,29,30). The maximum absolute atomic E-state index is 4.81. The highest BCUT2D eigenvalue weighted by atomic mass is 15.5. The first-order valence-electron chi connectivity index (χ1n) is 10.8. The average Bonchev–Trinajstić information content (AvgIpc) is 3.44. The zero-order valence-corrected chi connectivity index (χ0v) is 18.3. The van der Waals surface area contributed by atoms with Crippen LogP contribution in [-0.2, 0) is 19.4 Å². The van der Waals surface area contributed by atoms with Gasteiger partial charge >= 0.3 is 0 Å². The quantitative estimate of drug-likeness (QED) is 0.441. The summed E-state index contributed by atoms with van der Waals surface area (Å²) in [7, 11) is 0. The molecule has 0 saturated heterocycles.